The highest BCUT2D eigenvalue weighted by atomic mass is 16.4. The van der Waals surface area contributed by atoms with Gasteiger partial charge in [0.25, 0.3) is 0 Å². The van der Waals surface area contributed by atoms with Crippen LogP contribution >= 0.6 is 0 Å². The normalized spacial score (nSPS) is 11.6. The molecular formula is C13H19N3O3. The summed E-state index contributed by atoms with van der Waals surface area (Å²) in [6.07, 6.45) is 0.684. The molecular weight excluding hydrogens is 246 g/mol. The molecule has 0 bridgehead atoms. The van der Waals surface area contributed by atoms with E-state index >= 15 is 0 Å². The lowest BCUT2D eigenvalue weighted by Crippen LogP contribution is -2.43. The van der Waals surface area contributed by atoms with Gasteiger partial charge in [0, 0.05) is 5.69 Å². The molecule has 1 aromatic rings. The number of para-hydroxylation sites is 1. The van der Waals surface area contributed by atoms with Gasteiger partial charge >= 0.3 is 6.09 Å². The molecule has 104 valence electrons. The summed E-state index contributed by atoms with van der Waals surface area (Å²) in [7, 11) is 0. The van der Waals surface area contributed by atoms with Crippen LogP contribution in [0.3, 0.4) is 0 Å². The lowest BCUT2D eigenvalue weighted by molar-refractivity contribution is -0.118. The van der Waals surface area contributed by atoms with E-state index in [-0.39, 0.29) is 5.91 Å². The molecule has 0 saturated carbocycles. The van der Waals surface area contributed by atoms with E-state index in [1.807, 2.05) is 6.07 Å². The Morgan fingerprint density at radius 2 is 1.89 bits per heavy atom. The highest BCUT2D eigenvalue weighted by molar-refractivity contribution is 5.96. The second-order valence-electron chi connectivity index (χ2n) is 4.14. The molecule has 0 saturated heterocycles. The van der Waals surface area contributed by atoms with Gasteiger partial charge in [-0.1, -0.05) is 18.2 Å². The first-order valence-corrected chi connectivity index (χ1v) is 6.19. The molecule has 0 fully saturated rings. The van der Waals surface area contributed by atoms with Crippen LogP contribution in [-0.2, 0) is 4.79 Å². The summed E-state index contributed by atoms with van der Waals surface area (Å²) in [5.41, 5.74) is 6.02. The van der Waals surface area contributed by atoms with Crippen molar-refractivity contribution in [1.82, 2.24) is 5.32 Å². The highest BCUT2D eigenvalue weighted by Gasteiger charge is 2.19. The van der Waals surface area contributed by atoms with Gasteiger partial charge < -0.3 is 21.5 Å². The fourth-order valence-corrected chi connectivity index (χ4v) is 1.66. The molecule has 1 rings (SSSR count). The number of anilines is 1. The first-order valence-electron chi connectivity index (χ1n) is 6.19. The van der Waals surface area contributed by atoms with Gasteiger partial charge in [-0.25, -0.2) is 4.79 Å². The van der Waals surface area contributed by atoms with Crippen molar-refractivity contribution in [1.29, 1.82) is 0 Å². The maximum absolute atomic E-state index is 12.0. The molecule has 5 N–H and O–H groups in total. The number of rotatable bonds is 7. The quantitative estimate of drug-likeness (QED) is 0.559. The number of nitrogens with two attached hydrogens (primary N) is 1. The minimum absolute atomic E-state index is 0.356. The van der Waals surface area contributed by atoms with E-state index < -0.39 is 12.1 Å². The Morgan fingerprint density at radius 1 is 1.21 bits per heavy atom. The second-order valence-corrected chi connectivity index (χ2v) is 4.14. The SMILES string of the molecule is NCCCCC(NC(=O)O)C(=O)Nc1ccccc1. The maximum Gasteiger partial charge on any atom is 0.405 e. The Hall–Kier alpha value is -2.08. The second kappa shape index (κ2) is 8.10. The third kappa shape index (κ3) is 5.87. The van der Waals surface area contributed by atoms with Crippen molar-refractivity contribution in [2.24, 2.45) is 5.73 Å². The highest BCUT2D eigenvalue weighted by Crippen LogP contribution is 2.08. The maximum atomic E-state index is 12.0. The molecule has 6 nitrogen and oxygen atoms in total. The number of carboxylic acid groups (broad SMARTS) is 1. The van der Waals surface area contributed by atoms with Gasteiger partial charge in [-0.15, -0.1) is 0 Å². The Balaban J connectivity index is 2.57. The van der Waals surface area contributed by atoms with Crippen LogP contribution < -0.4 is 16.4 Å². The number of carbonyl (C=O) groups excluding carboxylic acids is 1. The number of nitrogens with one attached hydrogen (secondary N) is 2. The molecule has 0 spiro atoms. The van der Waals surface area contributed by atoms with Crippen molar-refractivity contribution in [2.75, 3.05) is 11.9 Å². The number of hydrogen-bond acceptors (Lipinski definition) is 3. The topological polar surface area (TPSA) is 104 Å². The molecule has 0 aromatic heterocycles. The van der Waals surface area contributed by atoms with Gasteiger partial charge in [0.15, 0.2) is 0 Å². The number of hydrogen-bond donors (Lipinski definition) is 4. The molecule has 0 aliphatic heterocycles. The summed E-state index contributed by atoms with van der Waals surface area (Å²) >= 11 is 0. The van der Waals surface area contributed by atoms with Crippen LogP contribution in [0.25, 0.3) is 0 Å². The fourth-order valence-electron chi connectivity index (χ4n) is 1.66. The summed E-state index contributed by atoms with van der Waals surface area (Å²) in [5.74, 6) is -0.356. The Kier molecular flexibility index (Phi) is 6.38. The van der Waals surface area contributed by atoms with Gasteiger partial charge in [-0.3, -0.25) is 4.79 Å². The van der Waals surface area contributed by atoms with Gasteiger partial charge in [0.05, 0.1) is 0 Å². The van der Waals surface area contributed by atoms with E-state index in [4.69, 9.17) is 10.8 Å². The molecule has 0 heterocycles. The van der Waals surface area contributed by atoms with Crippen LogP contribution in [0.5, 0.6) is 0 Å². The fraction of sp³-hybridized carbons (Fsp3) is 0.385. The van der Waals surface area contributed by atoms with Crippen molar-refractivity contribution < 1.29 is 14.7 Å². The minimum atomic E-state index is -1.21. The van der Waals surface area contributed by atoms with Crippen molar-refractivity contribution in [2.45, 2.75) is 25.3 Å². The summed E-state index contributed by atoms with van der Waals surface area (Å²) in [6.45, 7) is 0.528. The zero-order valence-electron chi connectivity index (χ0n) is 10.6. The van der Waals surface area contributed by atoms with Gasteiger partial charge in [-0.2, -0.15) is 0 Å². The molecule has 1 aromatic carbocycles. The van der Waals surface area contributed by atoms with Crippen LogP contribution in [0.4, 0.5) is 10.5 Å². The molecule has 2 amide bonds. The van der Waals surface area contributed by atoms with Gasteiger partial charge in [0.1, 0.15) is 6.04 Å². The van der Waals surface area contributed by atoms with Gasteiger partial charge in [-0.05, 0) is 37.9 Å². The smallest absolute Gasteiger partial charge is 0.405 e. The lowest BCUT2D eigenvalue weighted by atomic mass is 10.1. The number of carbonyl (C=O) groups is 2. The van der Waals surface area contributed by atoms with Gasteiger partial charge in [0.2, 0.25) is 5.91 Å². The standard InChI is InChI=1S/C13H19N3O3/c14-9-5-4-8-11(16-13(18)19)12(17)15-10-6-2-1-3-7-10/h1-3,6-7,11,16H,4-5,8-9,14H2,(H,15,17)(H,18,19). The number of benzene rings is 1. The Bertz CT molecular complexity index is 409. The van der Waals surface area contributed by atoms with Crippen molar-refractivity contribution in [3.05, 3.63) is 30.3 Å². The molecule has 6 heteroatoms. The number of unbranched alkanes of at least 4 members (excludes halogenated alkanes) is 1. The van der Waals surface area contributed by atoms with Crippen LogP contribution in [0, 0.1) is 0 Å². The van der Waals surface area contributed by atoms with E-state index in [2.05, 4.69) is 10.6 Å². The molecule has 0 radical (unpaired) electrons. The molecule has 0 aliphatic carbocycles. The van der Waals surface area contributed by atoms with E-state index in [0.717, 1.165) is 6.42 Å². The Labute approximate surface area is 112 Å². The first-order chi connectivity index (χ1) is 9.13. The predicted octanol–water partition coefficient (Wildman–Crippen LogP) is 1.39. The average molecular weight is 265 g/mol. The third-order valence-corrected chi connectivity index (χ3v) is 2.60. The van der Waals surface area contributed by atoms with Crippen LogP contribution in [0.15, 0.2) is 30.3 Å². The number of amides is 2. The van der Waals surface area contributed by atoms with Crippen LogP contribution in [-0.4, -0.2) is 29.7 Å². The molecule has 0 aliphatic rings. The molecule has 1 unspecified atom stereocenters. The van der Waals surface area contributed by atoms with Crippen LogP contribution in [0.2, 0.25) is 0 Å². The average Bonchev–Trinajstić information content (AvgIpc) is 2.38. The van der Waals surface area contributed by atoms with Crippen molar-refractivity contribution >= 4 is 17.7 Å². The minimum Gasteiger partial charge on any atom is -0.465 e. The van der Waals surface area contributed by atoms with Crippen molar-refractivity contribution in [3.8, 4) is 0 Å². The van der Waals surface area contributed by atoms with Crippen LogP contribution in [0.1, 0.15) is 19.3 Å². The van der Waals surface area contributed by atoms with E-state index in [0.29, 0.717) is 25.1 Å². The monoisotopic (exact) mass is 265 g/mol. The summed E-state index contributed by atoms with van der Waals surface area (Å²) in [6, 6.07) is 8.16. The summed E-state index contributed by atoms with van der Waals surface area (Å²) < 4.78 is 0. The predicted molar refractivity (Wildman–Crippen MR) is 72.9 cm³/mol. The largest absolute Gasteiger partial charge is 0.465 e. The van der Waals surface area contributed by atoms with E-state index in [1.54, 1.807) is 24.3 Å². The zero-order valence-corrected chi connectivity index (χ0v) is 10.6. The first kappa shape index (κ1) is 15.0. The summed E-state index contributed by atoms with van der Waals surface area (Å²) in [4.78, 5) is 22.7. The molecule has 1 atom stereocenters. The Morgan fingerprint density at radius 3 is 2.47 bits per heavy atom. The molecule has 19 heavy (non-hydrogen) atoms. The lowest BCUT2D eigenvalue weighted by Gasteiger charge is -2.16. The van der Waals surface area contributed by atoms with E-state index in [1.165, 1.54) is 0 Å². The zero-order chi connectivity index (χ0) is 14.1. The van der Waals surface area contributed by atoms with Crippen molar-refractivity contribution in [3.63, 3.8) is 0 Å². The van der Waals surface area contributed by atoms with E-state index in [9.17, 15) is 9.59 Å². The third-order valence-electron chi connectivity index (χ3n) is 2.60. The summed E-state index contributed by atoms with van der Waals surface area (Å²) in [5, 5.41) is 13.6.